The van der Waals surface area contributed by atoms with Crippen LogP contribution in [0.5, 0.6) is 5.75 Å². The normalized spacial score (nSPS) is 17.4. The maximum absolute atomic E-state index is 15.1. The molecule has 0 saturated heterocycles. The Hall–Kier alpha value is -3.39. The second-order valence-electron chi connectivity index (χ2n) is 9.06. The van der Waals surface area contributed by atoms with Crippen LogP contribution in [0.2, 0.25) is 0 Å². The van der Waals surface area contributed by atoms with Crippen LogP contribution in [0.25, 0.3) is 11.3 Å². The predicted octanol–water partition coefficient (Wildman–Crippen LogP) is 4.18. The monoisotopic (exact) mass is 464 g/mol. The van der Waals surface area contributed by atoms with Crippen molar-refractivity contribution in [1.29, 1.82) is 0 Å². The zero-order valence-electron chi connectivity index (χ0n) is 19.4. The van der Waals surface area contributed by atoms with Gasteiger partial charge < -0.3 is 15.0 Å². The van der Waals surface area contributed by atoms with Gasteiger partial charge in [-0.25, -0.2) is 18.7 Å². The fourth-order valence-corrected chi connectivity index (χ4v) is 4.60. The molecule has 34 heavy (non-hydrogen) atoms. The summed E-state index contributed by atoms with van der Waals surface area (Å²) in [5, 5.41) is 3.36. The van der Waals surface area contributed by atoms with Crippen LogP contribution in [-0.4, -0.2) is 34.6 Å². The maximum atomic E-state index is 15.1. The number of amides is 1. The highest BCUT2D eigenvalue weighted by Gasteiger charge is 2.35. The standard InChI is InChI=1S/C26H26F2N4O2/c1-14(2)32-22-11-18(10-20(27)25(22)34-15(3)26(32)33)24-21(28)13-30-23(31-24)9-16-4-5-17-6-7-29-12-19(17)8-16/h4-5,8,10-11,13-15,29H,6-7,9,12H2,1-3H3. The number of fused-ring (bicyclic) bond motifs is 2. The van der Waals surface area contributed by atoms with E-state index in [1.54, 1.807) is 13.0 Å². The summed E-state index contributed by atoms with van der Waals surface area (Å²) in [7, 11) is 0. The lowest BCUT2D eigenvalue weighted by Gasteiger charge is -2.36. The van der Waals surface area contributed by atoms with Gasteiger partial charge in [-0.15, -0.1) is 0 Å². The van der Waals surface area contributed by atoms with Crippen LogP contribution >= 0.6 is 0 Å². The van der Waals surface area contributed by atoms with Gasteiger partial charge in [-0.05, 0) is 62.6 Å². The lowest BCUT2D eigenvalue weighted by molar-refractivity contribution is -0.126. The van der Waals surface area contributed by atoms with E-state index in [0.29, 0.717) is 12.2 Å². The Labute approximate surface area is 197 Å². The molecule has 1 amide bonds. The summed E-state index contributed by atoms with van der Waals surface area (Å²) in [6.45, 7) is 7.04. The Morgan fingerprint density at radius 3 is 2.79 bits per heavy atom. The molecular weight excluding hydrogens is 438 g/mol. The van der Waals surface area contributed by atoms with Crippen LogP contribution in [0.1, 0.15) is 43.3 Å². The molecule has 2 aliphatic heterocycles. The molecule has 1 unspecified atom stereocenters. The highest BCUT2D eigenvalue weighted by Crippen LogP contribution is 2.41. The Bertz CT molecular complexity index is 1280. The summed E-state index contributed by atoms with van der Waals surface area (Å²) in [4.78, 5) is 22.8. The first-order chi connectivity index (χ1) is 16.3. The highest BCUT2D eigenvalue weighted by molar-refractivity contribution is 6.01. The number of halogens is 2. The van der Waals surface area contributed by atoms with Crippen molar-refractivity contribution >= 4 is 11.6 Å². The fourth-order valence-electron chi connectivity index (χ4n) is 4.60. The molecule has 0 spiro atoms. The van der Waals surface area contributed by atoms with Gasteiger partial charge in [0.05, 0.1) is 11.9 Å². The van der Waals surface area contributed by atoms with E-state index >= 15 is 4.39 Å². The number of carbonyl (C=O) groups is 1. The minimum absolute atomic E-state index is 0.0121. The molecule has 0 aliphatic carbocycles. The third kappa shape index (κ3) is 4.03. The topological polar surface area (TPSA) is 67.3 Å². The van der Waals surface area contributed by atoms with Crippen LogP contribution in [0, 0.1) is 11.6 Å². The van der Waals surface area contributed by atoms with E-state index in [4.69, 9.17) is 4.74 Å². The van der Waals surface area contributed by atoms with Crippen molar-refractivity contribution in [1.82, 2.24) is 15.3 Å². The van der Waals surface area contributed by atoms with Gasteiger partial charge in [0, 0.05) is 24.6 Å². The van der Waals surface area contributed by atoms with Crippen LogP contribution in [0.15, 0.2) is 36.5 Å². The van der Waals surface area contributed by atoms with E-state index in [-0.39, 0.29) is 34.6 Å². The SMILES string of the molecule is CC1Oc2c(F)cc(-c3nc(Cc4ccc5c(c4)CNCC5)ncc3F)cc2N(C(C)C)C1=O. The number of aromatic nitrogens is 2. The number of rotatable bonds is 4. The minimum Gasteiger partial charge on any atom is -0.476 e. The van der Waals surface area contributed by atoms with Crippen molar-refractivity contribution in [2.45, 2.75) is 52.3 Å². The van der Waals surface area contributed by atoms with Gasteiger partial charge in [0.1, 0.15) is 11.5 Å². The Morgan fingerprint density at radius 2 is 2.00 bits per heavy atom. The molecule has 0 saturated carbocycles. The molecule has 8 heteroatoms. The van der Waals surface area contributed by atoms with Crippen molar-refractivity contribution in [3.8, 4) is 17.0 Å². The van der Waals surface area contributed by atoms with Crippen LogP contribution in [-0.2, 0) is 24.2 Å². The number of benzene rings is 2. The first-order valence-corrected chi connectivity index (χ1v) is 11.5. The third-order valence-electron chi connectivity index (χ3n) is 6.27. The predicted molar refractivity (Wildman–Crippen MR) is 125 cm³/mol. The molecule has 5 rings (SSSR count). The second-order valence-corrected chi connectivity index (χ2v) is 9.06. The smallest absolute Gasteiger partial charge is 0.268 e. The quantitative estimate of drug-likeness (QED) is 0.628. The van der Waals surface area contributed by atoms with Crippen molar-refractivity contribution in [2.24, 2.45) is 0 Å². The molecule has 0 fully saturated rings. The molecule has 3 aromatic rings. The maximum Gasteiger partial charge on any atom is 0.268 e. The van der Waals surface area contributed by atoms with Gasteiger partial charge in [-0.1, -0.05) is 18.2 Å². The number of hydrogen-bond acceptors (Lipinski definition) is 5. The summed E-state index contributed by atoms with van der Waals surface area (Å²) < 4.78 is 35.4. The molecule has 2 aliphatic rings. The summed E-state index contributed by atoms with van der Waals surface area (Å²) in [5.74, 6) is -1.18. The molecule has 176 valence electrons. The second kappa shape index (κ2) is 8.76. The minimum atomic E-state index is -0.801. The number of hydrogen-bond donors (Lipinski definition) is 1. The Kier molecular flexibility index (Phi) is 5.77. The van der Waals surface area contributed by atoms with Crippen LogP contribution in [0.4, 0.5) is 14.5 Å². The molecule has 1 aromatic heterocycles. The number of ether oxygens (including phenoxy) is 1. The van der Waals surface area contributed by atoms with Crippen molar-refractivity contribution in [3.63, 3.8) is 0 Å². The van der Waals surface area contributed by atoms with Crippen molar-refractivity contribution in [3.05, 3.63) is 70.7 Å². The number of anilines is 1. The van der Waals surface area contributed by atoms with Gasteiger partial charge in [0.2, 0.25) is 0 Å². The summed E-state index contributed by atoms with van der Waals surface area (Å²) >= 11 is 0. The zero-order chi connectivity index (χ0) is 24.0. The van der Waals surface area contributed by atoms with E-state index in [0.717, 1.165) is 31.3 Å². The van der Waals surface area contributed by atoms with E-state index in [1.807, 2.05) is 19.9 Å². The molecule has 2 aromatic carbocycles. The van der Waals surface area contributed by atoms with Crippen LogP contribution < -0.4 is 15.0 Å². The molecule has 6 nitrogen and oxygen atoms in total. The van der Waals surface area contributed by atoms with E-state index in [9.17, 15) is 9.18 Å². The van der Waals surface area contributed by atoms with Crippen LogP contribution in [0.3, 0.4) is 0 Å². The zero-order valence-corrected chi connectivity index (χ0v) is 19.4. The Morgan fingerprint density at radius 1 is 1.18 bits per heavy atom. The molecule has 1 atom stereocenters. The first-order valence-electron chi connectivity index (χ1n) is 11.5. The highest BCUT2D eigenvalue weighted by atomic mass is 19.1. The molecule has 3 heterocycles. The fraction of sp³-hybridized carbons (Fsp3) is 0.346. The summed E-state index contributed by atoms with van der Waals surface area (Å²) in [5.41, 5.74) is 4.08. The molecule has 0 radical (unpaired) electrons. The van der Waals surface area contributed by atoms with Gasteiger partial charge in [-0.2, -0.15) is 0 Å². The largest absolute Gasteiger partial charge is 0.476 e. The van der Waals surface area contributed by atoms with Crippen molar-refractivity contribution < 1.29 is 18.3 Å². The number of nitrogens with one attached hydrogen (secondary N) is 1. The van der Waals surface area contributed by atoms with E-state index in [2.05, 4.69) is 27.4 Å². The lowest BCUT2D eigenvalue weighted by Crippen LogP contribution is -2.48. The molecule has 0 bridgehead atoms. The van der Waals surface area contributed by atoms with Gasteiger partial charge >= 0.3 is 0 Å². The van der Waals surface area contributed by atoms with Gasteiger partial charge in [0.25, 0.3) is 5.91 Å². The lowest BCUT2D eigenvalue weighted by atomic mass is 9.97. The summed E-state index contributed by atoms with van der Waals surface area (Å²) in [6, 6.07) is 8.81. The molecule has 1 N–H and O–H groups in total. The van der Waals surface area contributed by atoms with E-state index < -0.39 is 17.7 Å². The average Bonchev–Trinajstić information content (AvgIpc) is 2.81. The average molecular weight is 465 g/mol. The first kappa shape index (κ1) is 22.4. The van der Waals surface area contributed by atoms with E-state index in [1.165, 1.54) is 22.1 Å². The summed E-state index contributed by atoms with van der Waals surface area (Å²) in [6.07, 6.45) is 1.73. The third-order valence-corrected chi connectivity index (χ3v) is 6.27. The van der Waals surface area contributed by atoms with Gasteiger partial charge in [0.15, 0.2) is 23.5 Å². The molecular formula is C26H26F2N4O2. The number of nitrogens with zero attached hydrogens (tertiary/aromatic N) is 3. The number of carbonyl (C=O) groups excluding carboxylic acids is 1. The van der Waals surface area contributed by atoms with Gasteiger partial charge in [-0.3, -0.25) is 4.79 Å². The van der Waals surface area contributed by atoms with Crippen molar-refractivity contribution in [2.75, 3.05) is 11.4 Å². The Balaban J connectivity index is 1.52.